The largest absolute Gasteiger partial charge is 0.496 e. The number of carboxylic acid groups (broad SMARTS) is 1. The Morgan fingerprint density at radius 1 is 0.975 bits per heavy atom. The summed E-state index contributed by atoms with van der Waals surface area (Å²) < 4.78 is 12.3. The van der Waals surface area contributed by atoms with E-state index in [9.17, 15) is 19.5 Å². The minimum Gasteiger partial charge on any atom is -0.496 e. The second-order valence-corrected chi connectivity index (χ2v) is 12.6. The highest BCUT2D eigenvalue weighted by atomic mass is 16.5. The summed E-state index contributed by atoms with van der Waals surface area (Å²) in [5.41, 5.74) is 3.48. The van der Waals surface area contributed by atoms with Crippen molar-refractivity contribution in [2.75, 3.05) is 19.5 Å². The van der Waals surface area contributed by atoms with E-state index >= 15 is 0 Å². The van der Waals surface area contributed by atoms with Crippen LogP contribution in [0.5, 0.6) is 5.75 Å². The molecule has 5 rings (SSSR count). The molecule has 2 heterocycles. The molecule has 3 aliphatic rings. The standard InChI is InChI=1S/C32H36N2O6/c1-16-17(18-9-10-19(33-6)29(34-18)30(37)38)8-11-22(39-7)25(16)28-26-20(35)12-31(2,3)14-23(26)40-24-15-32(4,5)13-21(36)27(24)28/h8-11,28,33H,12-15H2,1-7H3,(H,37,38). The SMILES string of the molecule is CNc1ccc(-c2ccc(OC)c(C3C4=C(CC(C)(C)CC4=O)OC4=C3C(=O)CC(C)(C)C4)c2C)nc1C(=O)O. The number of pyridine rings is 1. The number of nitrogens with one attached hydrogen (secondary N) is 1. The molecular formula is C32H36N2O6. The molecule has 0 saturated carbocycles. The summed E-state index contributed by atoms with van der Waals surface area (Å²) in [4.78, 5) is 44.0. The lowest BCUT2D eigenvalue weighted by Crippen LogP contribution is -2.38. The van der Waals surface area contributed by atoms with Crippen molar-refractivity contribution in [2.24, 2.45) is 10.8 Å². The summed E-state index contributed by atoms with van der Waals surface area (Å²) in [7, 11) is 3.22. The van der Waals surface area contributed by atoms with Crippen LogP contribution < -0.4 is 10.1 Å². The van der Waals surface area contributed by atoms with Crippen molar-refractivity contribution >= 4 is 23.2 Å². The van der Waals surface area contributed by atoms with Crippen molar-refractivity contribution in [1.82, 2.24) is 4.98 Å². The van der Waals surface area contributed by atoms with Crippen LogP contribution >= 0.6 is 0 Å². The number of aromatic nitrogens is 1. The highest BCUT2D eigenvalue weighted by Gasteiger charge is 2.49. The van der Waals surface area contributed by atoms with Gasteiger partial charge in [-0.05, 0) is 47.6 Å². The molecule has 1 aromatic heterocycles. The average Bonchev–Trinajstić information content (AvgIpc) is 2.85. The van der Waals surface area contributed by atoms with Crippen LogP contribution in [0.4, 0.5) is 5.69 Å². The van der Waals surface area contributed by atoms with Gasteiger partial charge in [0.1, 0.15) is 17.3 Å². The highest BCUT2D eigenvalue weighted by molar-refractivity contribution is 6.06. The molecule has 0 amide bonds. The van der Waals surface area contributed by atoms with Gasteiger partial charge in [-0.25, -0.2) is 9.78 Å². The number of methoxy groups -OCH3 is 1. The Balaban J connectivity index is 1.78. The number of anilines is 1. The molecule has 40 heavy (non-hydrogen) atoms. The topological polar surface area (TPSA) is 115 Å². The van der Waals surface area contributed by atoms with Crippen LogP contribution in [0, 0.1) is 17.8 Å². The van der Waals surface area contributed by atoms with Gasteiger partial charge in [0.25, 0.3) is 0 Å². The van der Waals surface area contributed by atoms with Gasteiger partial charge in [-0.3, -0.25) is 9.59 Å². The molecule has 1 aliphatic heterocycles. The maximum Gasteiger partial charge on any atom is 0.356 e. The minimum absolute atomic E-state index is 0.0306. The van der Waals surface area contributed by atoms with Gasteiger partial charge < -0.3 is 19.9 Å². The van der Waals surface area contributed by atoms with E-state index in [1.165, 1.54) is 0 Å². The molecule has 1 aromatic carbocycles. The first kappa shape index (κ1) is 27.6. The summed E-state index contributed by atoms with van der Waals surface area (Å²) in [5.74, 6) is -0.0332. The van der Waals surface area contributed by atoms with Gasteiger partial charge in [0.05, 0.1) is 24.4 Å². The number of Topliss-reactive ketones (excluding diaryl/α,β-unsaturated/α-hetero) is 2. The van der Waals surface area contributed by atoms with E-state index in [-0.39, 0.29) is 28.1 Å². The molecular weight excluding hydrogens is 508 g/mol. The molecule has 2 N–H and O–H groups in total. The van der Waals surface area contributed by atoms with Crippen LogP contribution in [-0.4, -0.2) is 41.8 Å². The molecule has 0 atom stereocenters. The molecule has 0 radical (unpaired) electrons. The fourth-order valence-electron chi connectivity index (χ4n) is 6.46. The third-order valence-corrected chi connectivity index (χ3v) is 8.21. The minimum atomic E-state index is -1.14. The monoisotopic (exact) mass is 544 g/mol. The van der Waals surface area contributed by atoms with Crippen molar-refractivity contribution in [3.8, 4) is 17.0 Å². The predicted octanol–water partition coefficient (Wildman–Crippen LogP) is 6.21. The van der Waals surface area contributed by atoms with E-state index < -0.39 is 11.9 Å². The van der Waals surface area contributed by atoms with Crippen molar-refractivity contribution in [3.63, 3.8) is 0 Å². The first-order valence-electron chi connectivity index (χ1n) is 13.6. The molecule has 0 fully saturated rings. The number of ketones is 2. The summed E-state index contributed by atoms with van der Waals surface area (Å²) in [6.07, 6.45) is 1.88. The van der Waals surface area contributed by atoms with E-state index in [0.29, 0.717) is 76.6 Å². The number of carbonyl (C=O) groups excluding carboxylic acids is 2. The van der Waals surface area contributed by atoms with Crippen LogP contribution in [0.3, 0.4) is 0 Å². The number of carbonyl (C=O) groups is 3. The lowest BCUT2D eigenvalue weighted by Gasteiger charge is -2.43. The van der Waals surface area contributed by atoms with Crippen LogP contribution in [0.15, 0.2) is 46.9 Å². The Kier molecular flexibility index (Phi) is 6.63. The zero-order valence-corrected chi connectivity index (χ0v) is 24.2. The van der Waals surface area contributed by atoms with Crippen molar-refractivity contribution in [3.05, 3.63) is 63.8 Å². The summed E-state index contributed by atoms with van der Waals surface area (Å²) in [5, 5.41) is 12.6. The Morgan fingerprint density at radius 2 is 1.55 bits per heavy atom. The molecule has 0 spiro atoms. The molecule has 8 nitrogen and oxygen atoms in total. The molecule has 0 unspecified atom stereocenters. The van der Waals surface area contributed by atoms with Gasteiger partial charge in [-0.2, -0.15) is 0 Å². The van der Waals surface area contributed by atoms with Gasteiger partial charge >= 0.3 is 5.97 Å². The van der Waals surface area contributed by atoms with E-state index in [1.54, 1.807) is 32.4 Å². The summed E-state index contributed by atoms with van der Waals surface area (Å²) in [6.45, 7) is 10.1. The first-order valence-corrected chi connectivity index (χ1v) is 13.6. The zero-order chi connectivity index (χ0) is 29.1. The third-order valence-electron chi connectivity index (χ3n) is 8.21. The molecule has 210 valence electrons. The predicted molar refractivity (Wildman–Crippen MR) is 151 cm³/mol. The maximum absolute atomic E-state index is 13.8. The normalized spacial score (nSPS) is 20.1. The van der Waals surface area contributed by atoms with E-state index in [2.05, 4.69) is 38.0 Å². The van der Waals surface area contributed by atoms with Gasteiger partial charge in [-0.15, -0.1) is 0 Å². The Labute approximate surface area is 234 Å². The number of hydrogen-bond acceptors (Lipinski definition) is 7. The number of carboxylic acids is 1. The van der Waals surface area contributed by atoms with Crippen molar-refractivity contribution < 1.29 is 29.0 Å². The van der Waals surface area contributed by atoms with Crippen LogP contribution in [0.1, 0.15) is 80.9 Å². The molecule has 0 saturated heterocycles. The van der Waals surface area contributed by atoms with E-state index in [0.717, 1.165) is 5.56 Å². The molecule has 2 aliphatic carbocycles. The van der Waals surface area contributed by atoms with E-state index in [4.69, 9.17) is 9.47 Å². The molecule has 0 bridgehead atoms. The summed E-state index contributed by atoms with van der Waals surface area (Å²) >= 11 is 0. The van der Waals surface area contributed by atoms with Crippen molar-refractivity contribution in [1.29, 1.82) is 0 Å². The number of nitrogens with zero attached hydrogens (tertiary/aromatic N) is 1. The van der Waals surface area contributed by atoms with Gasteiger partial charge in [-0.1, -0.05) is 27.7 Å². The number of benzene rings is 1. The number of allylic oxidation sites excluding steroid dienone is 4. The zero-order valence-electron chi connectivity index (χ0n) is 24.2. The van der Waals surface area contributed by atoms with Gasteiger partial charge in [0, 0.05) is 55.0 Å². The molecule has 8 heteroatoms. The van der Waals surface area contributed by atoms with Gasteiger partial charge in [0.15, 0.2) is 17.3 Å². The van der Waals surface area contributed by atoms with Crippen LogP contribution in [0.25, 0.3) is 11.3 Å². The smallest absolute Gasteiger partial charge is 0.356 e. The van der Waals surface area contributed by atoms with Gasteiger partial charge in [0.2, 0.25) is 0 Å². The summed E-state index contributed by atoms with van der Waals surface area (Å²) in [6, 6.07) is 7.09. The Morgan fingerprint density at radius 3 is 2.05 bits per heavy atom. The van der Waals surface area contributed by atoms with Crippen LogP contribution in [-0.2, 0) is 14.3 Å². The number of aromatic carboxylic acids is 1. The number of rotatable bonds is 5. The quantitative estimate of drug-likeness (QED) is 0.457. The van der Waals surface area contributed by atoms with Crippen LogP contribution in [0.2, 0.25) is 0 Å². The Bertz CT molecular complexity index is 1480. The third kappa shape index (κ3) is 4.59. The van der Waals surface area contributed by atoms with Crippen molar-refractivity contribution in [2.45, 2.75) is 66.2 Å². The second-order valence-electron chi connectivity index (χ2n) is 12.6. The number of hydrogen-bond donors (Lipinski definition) is 2. The highest BCUT2D eigenvalue weighted by Crippen LogP contribution is 2.55. The fraction of sp³-hybridized carbons (Fsp3) is 0.438. The maximum atomic E-state index is 13.8. The lowest BCUT2D eigenvalue weighted by molar-refractivity contribution is -0.120. The van der Waals surface area contributed by atoms with E-state index in [1.807, 2.05) is 13.0 Å². The number of ether oxygens (including phenoxy) is 2. The Hall–Kier alpha value is -3.94. The average molecular weight is 545 g/mol. The first-order chi connectivity index (χ1) is 18.8. The fourth-order valence-corrected chi connectivity index (χ4v) is 6.46. The molecule has 2 aromatic rings. The lowest BCUT2D eigenvalue weighted by atomic mass is 9.65. The second kappa shape index (κ2) is 9.61.